The minimum absolute atomic E-state index is 0.339. The van der Waals surface area contributed by atoms with Crippen molar-refractivity contribution in [2.24, 2.45) is 0 Å². The first-order chi connectivity index (χ1) is 11.5. The summed E-state index contributed by atoms with van der Waals surface area (Å²) in [6, 6.07) is 10.8. The summed E-state index contributed by atoms with van der Waals surface area (Å²) in [7, 11) is 3.13. The lowest BCUT2D eigenvalue weighted by Crippen LogP contribution is -2.29. The smallest absolute Gasteiger partial charge is 0.161 e. The highest BCUT2D eigenvalue weighted by Crippen LogP contribution is 2.32. The van der Waals surface area contributed by atoms with E-state index in [0.717, 1.165) is 11.1 Å². The number of aryl methyl sites for hydroxylation is 1. The Kier molecular flexibility index (Phi) is 6.06. The number of ether oxygens (including phenoxy) is 3. The van der Waals surface area contributed by atoms with Crippen molar-refractivity contribution >= 4 is 0 Å². The Morgan fingerprint density at radius 1 is 0.958 bits per heavy atom. The van der Waals surface area contributed by atoms with Crippen LogP contribution in [0.15, 0.2) is 36.4 Å². The van der Waals surface area contributed by atoms with E-state index < -0.39 is 12.2 Å². The second-order valence-corrected chi connectivity index (χ2v) is 5.60. The van der Waals surface area contributed by atoms with Crippen LogP contribution < -0.4 is 14.2 Å². The molecule has 2 unspecified atom stereocenters. The number of hydrogen-bond acceptors (Lipinski definition) is 5. The van der Waals surface area contributed by atoms with Crippen molar-refractivity contribution in [2.75, 3.05) is 20.8 Å². The van der Waals surface area contributed by atoms with Crippen molar-refractivity contribution in [2.45, 2.75) is 26.1 Å². The molecule has 2 rings (SSSR count). The second-order valence-electron chi connectivity index (χ2n) is 5.60. The summed E-state index contributed by atoms with van der Waals surface area (Å²) < 4.78 is 16.4. The van der Waals surface area contributed by atoms with Crippen molar-refractivity contribution in [1.29, 1.82) is 0 Å². The summed E-state index contributed by atoms with van der Waals surface area (Å²) in [5.41, 5.74) is 2.64. The summed E-state index contributed by atoms with van der Waals surface area (Å²) in [5.74, 6) is 1.70. The average molecular weight is 332 g/mol. The van der Waals surface area contributed by atoms with Crippen LogP contribution in [0.25, 0.3) is 0 Å². The van der Waals surface area contributed by atoms with Gasteiger partial charge in [0.25, 0.3) is 0 Å². The Bertz CT molecular complexity index is 683. The molecule has 5 heteroatoms. The molecule has 0 saturated heterocycles. The third-order valence-electron chi connectivity index (χ3n) is 4.08. The van der Waals surface area contributed by atoms with Gasteiger partial charge in [-0.15, -0.1) is 0 Å². The van der Waals surface area contributed by atoms with Crippen LogP contribution in [0.4, 0.5) is 0 Å². The van der Waals surface area contributed by atoms with Crippen LogP contribution in [0.5, 0.6) is 17.2 Å². The molecule has 0 saturated carbocycles. The van der Waals surface area contributed by atoms with E-state index in [9.17, 15) is 10.2 Å². The lowest BCUT2D eigenvalue weighted by atomic mass is 9.98. The summed E-state index contributed by atoms with van der Waals surface area (Å²) in [6.45, 7) is 3.57. The third-order valence-corrected chi connectivity index (χ3v) is 4.08. The zero-order valence-electron chi connectivity index (χ0n) is 14.4. The van der Waals surface area contributed by atoms with Crippen molar-refractivity contribution < 1.29 is 24.4 Å². The van der Waals surface area contributed by atoms with Crippen molar-refractivity contribution in [3.05, 3.63) is 53.1 Å². The minimum atomic E-state index is -1.01. The van der Waals surface area contributed by atoms with E-state index in [1.165, 1.54) is 0 Å². The highest BCUT2D eigenvalue weighted by atomic mass is 16.5. The van der Waals surface area contributed by atoms with E-state index in [2.05, 4.69) is 0 Å². The lowest BCUT2D eigenvalue weighted by molar-refractivity contribution is -0.000523. The molecule has 2 aromatic rings. The first-order valence-corrected chi connectivity index (χ1v) is 7.75. The predicted molar refractivity (Wildman–Crippen MR) is 91.9 cm³/mol. The van der Waals surface area contributed by atoms with Gasteiger partial charge in [-0.1, -0.05) is 18.2 Å². The van der Waals surface area contributed by atoms with Gasteiger partial charge in [-0.3, -0.25) is 0 Å². The van der Waals surface area contributed by atoms with Crippen molar-refractivity contribution in [1.82, 2.24) is 0 Å². The Balaban J connectivity index is 2.29. The fraction of sp³-hybridized carbons (Fsp3) is 0.368. The van der Waals surface area contributed by atoms with Gasteiger partial charge in [0.05, 0.1) is 20.8 Å². The van der Waals surface area contributed by atoms with E-state index in [1.54, 1.807) is 38.5 Å². The van der Waals surface area contributed by atoms with Crippen molar-refractivity contribution in [3.63, 3.8) is 0 Å². The molecule has 2 atom stereocenters. The molecule has 0 aliphatic carbocycles. The Morgan fingerprint density at radius 2 is 1.58 bits per heavy atom. The molecule has 2 aromatic carbocycles. The molecule has 5 nitrogen and oxygen atoms in total. The van der Waals surface area contributed by atoms with Gasteiger partial charge in [0.2, 0.25) is 0 Å². The molecule has 24 heavy (non-hydrogen) atoms. The predicted octanol–water partition coefficient (Wildman–Crippen LogP) is 2.79. The molecule has 0 bridgehead atoms. The number of aliphatic hydroxyl groups excluding tert-OH is 2. The molecule has 130 valence electrons. The molecular weight excluding hydrogens is 308 g/mol. The third kappa shape index (κ3) is 3.80. The van der Waals surface area contributed by atoms with Gasteiger partial charge in [-0.2, -0.15) is 0 Å². The molecule has 0 amide bonds. The van der Waals surface area contributed by atoms with E-state index in [4.69, 9.17) is 14.2 Å². The standard InChI is InChI=1S/C19H24O5/c1-12-9-14(10-17(23-4)13(12)2)19(21)18(11-20)24-16-8-6-5-7-15(16)22-3/h5-10,18-21H,11H2,1-4H3. The number of methoxy groups -OCH3 is 2. The lowest BCUT2D eigenvalue weighted by Gasteiger charge is -2.24. The van der Waals surface area contributed by atoms with Crippen LogP contribution in [0.3, 0.4) is 0 Å². The number of para-hydroxylation sites is 2. The Morgan fingerprint density at radius 3 is 2.17 bits per heavy atom. The Labute approximate surface area is 142 Å². The van der Waals surface area contributed by atoms with Crippen LogP contribution in [0, 0.1) is 13.8 Å². The first kappa shape index (κ1) is 18.1. The zero-order valence-corrected chi connectivity index (χ0v) is 14.4. The molecule has 0 fully saturated rings. The largest absolute Gasteiger partial charge is 0.496 e. The van der Waals surface area contributed by atoms with E-state index in [0.29, 0.717) is 22.8 Å². The van der Waals surface area contributed by atoms with Gasteiger partial charge in [-0.25, -0.2) is 0 Å². The van der Waals surface area contributed by atoms with Gasteiger partial charge in [0.1, 0.15) is 11.9 Å². The van der Waals surface area contributed by atoms with Gasteiger partial charge < -0.3 is 24.4 Å². The fourth-order valence-electron chi connectivity index (χ4n) is 2.53. The van der Waals surface area contributed by atoms with Gasteiger partial charge in [0.15, 0.2) is 17.6 Å². The highest BCUT2D eigenvalue weighted by molar-refractivity contribution is 5.44. The van der Waals surface area contributed by atoms with Gasteiger partial charge >= 0.3 is 0 Å². The maximum absolute atomic E-state index is 10.7. The average Bonchev–Trinajstić information content (AvgIpc) is 2.61. The maximum Gasteiger partial charge on any atom is 0.161 e. The SMILES string of the molecule is COc1ccccc1OC(CO)C(O)c1cc(C)c(C)c(OC)c1. The molecule has 0 radical (unpaired) electrons. The molecule has 0 heterocycles. The first-order valence-electron chi connectivity index (χ1n) is 7.75. The quantitative estimate of drug-likeness (QED) is 0.816. The summed E-state index contributed by atoms with van der Waals surface area (Å²) in [5, 5.41) is 20.3. The highest BCUT2D eigenvalue weighted by Gasteiger charge is 2.24. The molecule has 2 N–H and O–H groups in total. The minimum Gasteiger partial charge on any atom is -0.496 e. The van der Waals surface area contributed by atoms with Crippen LogP contribution >= 0.6 is 0 Å². The maximum atomic E-state index is 10.7. The molecule has 0 aliphatic rings. The molecule has 0 spiro atoms. The van der Waals surface area contributed by atoms with E-state index in [1.807, 2.05) is 26.0 Å². The summed E-state index contributed by atoms with van der Waals surface area (Å²) >= 11 is 0. The van der Waals surface area contributed by atoms with Crippen molar-refractivity contribution in [3.8, 4) is 17.2 Å². The van der Waals surface area contributed by atoms with Crippen LogP contribution in [-0.4, -0.2) is 37.1 Å². The second kappa shape index (κ2) is 8.04. The summed E-state index contributed by atoms with van der Waals surface area (Å²) in [4.78, 5) is 0. The monoisotopic (exact) mass is 332 g/mol. The van der Waals surface area contributed by atoms with Crippen LogP contribution in [0.2, 0.25) is 0 Å². The number of rotatable bonds is 7. The Hall–Kier alpha value is -2.24. The number of benzene rings is 2. The number of aliphatic hydroxyl groups is 2. The molecule has 0 aliphatic heterocycles. The summed E-state index contributed by atoms with van der Waals surface area (Å²) in [6.07, 6.45) is -1.83. The molecular formula is C19H24O5. The number of hydrogen-bond donors (Lipinski definition) is 2. The fourth-order valence-corrected chi connectivity index (χ4v) is 2.53. The topological polar surface area (TPSA) is 68.2 Å². The molecule has 0 aromatic heterocycles. The van der Waals surface area contributed by atoms with E-state index >= 15 is 0 Å². The van der Waals surface area contributed by atoms with Crippen LogP contribution in [-0.2, 0) is 0 Å². The van der Waals surface area contributed by atoms with Gasteiger partial charge in [0, 0.05) is 0 Å². The van der Waals surface area contributed by atoms with E-state index in [-0.39, 0.29) is 6.61 Å². The normalized spacial score (nSPS) is 13.2. The zero-order chi connectivity index (χ0) is 17.7. The van der Waals surface area contributed by atoms with Gasteiger partial charge in [-0.05, 0) is 48.7 Å². The van der Waals surface area contributed by atoms with Crippen LogP contribution in [0.1, 0.15) is 22.8 Å².